The molecule has 1 aromatic rings. The van der Waals surface area contributed by atoms with Gasteiger partial charge in [0, 0.05) is 59.2 Å². The lowest BCUT2D eigenvalue weighted by Crippen LogP contribution is -2.28. The topological polar surface area (TPSA) is 9.72 Å². The minimum absolute atomic E-state index is 0.987. The summed E-state index contributed by atoms with van der Waals surface area (Å²) in [6, 6.07) is 8.98. The van der Waals surface area contributed by atoms with E-state index < -0.39 is 0 Å². The zero-order valence-corrected chi connectivity index (χ0v) is 18.0. The molecule has 0 N–H and O–H groups in total. The average Bonchev–Trinajstić information content (AvgIpc) is 2.69. The van der Waals surface area contributed by atoms with Crippen LogP contribution in [0.4, 0.5) is 5.69 Å². The molecule has 1 aromatic carbocycles. The van der Waals surface area contributed by atoms with Crippen LogP contribution in [-0.2, 0) is 6.54 Å². The highest BCUT2D eigenvalue weighted by Gasteiger charge is 2.14. The Kier molecular flexibility index (Phi) is 7.16. The van der Waals surface area contributed by atoms with Crippen molar-refractivity contribution in [2.24, 2.45) is 0 Å². The second kappa shape index (κ2) is 9.79. The van der Waals surface area contributed by atoms with Gasteiger partial charge in [-0.15, -0.1) is 0 Å². The fraction of sp³-hybridized carbons (Fsp3) is 0.440. The van der Waals surface area contributed by atoms with Gasteiger partial charge in [-0.3, -0.25) is 4.90 Å². The Hall–Kier alpha value is -2.26. The number of rotatable bonds is 8. The molecule has 0 aromatic heterocycles. The lowest BCUT2D eigenvalue weighted by molar-refractivity contribution is 0.310. The number of hydrogen-bond acceptors (Lipinski definition) is 3. The normalized spacial score (nSPS) is 16.5. The Bertz CT molecular complexity index is 763. The van der Waals surface area contributed by atoms with Crippen molar-refractivity contribution in [1.82, 2.24) is 9.80 Å². The predicted octanol–water partition coefficient (Wildman–Crippen LogP) is 5.00. The molecule has 3 nitrogen and oxygen atoms in total. The molecule has 0 saturated carbocycles. The number of nitrogens with zero attached hydrogens (tertiary/aromatic N) is 3. The van der Waals surface area contributed by atoms with E-state index in [-0.39, 0.29) is 0 Å². The molecule has 2 aliphatic carbocycles. The van der Waals surface area contributed by atoms with E-state index in [2.05, 4.69) is 97.5 Å². The standard InChI is InChI=1S/C25H35N3/c1-26(2)24-14-10-22(11-15-24)19-28(18-21-8-6-5-7-9-21)20-23-12-16-25(17-13-23)27(3)4/h6,8-12,14-16H,5,7,13,17-20H2,1-4H3. The summed E-state index contributed by atoms with van der Waals surface area (Å²) in [4.78, 5) is 6.97. The minimum atomic E-state index is 0.987. The van der Waals surface area contributed by atoms with Gasteiger partial charge in [0.1, 0.15) is 0 Å². The van der Waals surface area contributed by atoms with Crippen LogP contribution in [0.5, 0.6) is 0 Å². The summed E-state index contributed by atoms with van der Waals surface area (Å²) in [5.41, 5.74) is 7.05. The Morgan fingerprint density at radius 1 is 0.786 bits per heavy atom. The van der Waals surface area contributed by atoms with Crippen molar-refractivity contribution < 1.29 is 0 Å². The number of benzene rings is 1. The van der Waals surface area contributed by atoms with Gasteiger partial charge in [-0.05, 0) is 55.0 Å². The fourth-order valence-corrected chi connectivity index (χ4v) is 3.83. The molecule has 0 fully saturated rings. The van der Waals surface area contributed by atoms with Crippen LogP contribution in [0.2, 0.25) is 0 Å². The van der Waals surface area contributed by atoms with Gasteiger partial charge in [-0.2, -0.15) is 0 Å². The second-order valence-electron chi connectivity index (χ2n) is 8.34. The van der Waals surface area contributed by atoms with Crippen molar-refractivity contribution in [1.29, 1.82) is 0 Å². The Morgan fingerprint density at radius 2 is 1.57 bits per heavy atom. The molecule has 150 valence electrons. The summed E-state index contributed by atoms with van der Waals surface area (Å²) in [5, 5.41) is 0. The monoisotopic (exact) mass is 377 g/mol. The van der Waals surface area contributed by atoms with Crippen molar-refractivity contribution in [3.8, 4) is 0 Å². The van der Waals surface area contributed by atoms with Crippen molar-refractivity contribution in [3.63, 3.8) is 0 Å². The van der Waals surface area contributed by atoms with Crippen molar-refractivity contribution in [2.75, 3.05) is 46.2 Å². The van der Waals surface area contributed by atoms with Gasteiger partial charge in [0.25, 0.3) is 0 Å². The Labute approximate surface area is 171 Å². The van der Waals surface area contributed by atoms with Gasteiger partial charge in [0.15, 0.2) is 0 Å². The maximum Gasteiger partial charge on any atom is 0.0361 e. The van der Waals surface area contributed by atoms with E-state index in [9.17, 15) is 0 Å². The van der Waals surface area contributed by atoms with E-state index in [4.69, 9.17) is 0 Å². The average molecular weight is 378 g/mol. The van der Waals surface area contributed by atoms with E-state index in [0.29, 0.717) is 0 Å². The summed E-state index contributed by atoms with van der Waals surface area (Å²) in [6.07, 6.45) is 16.3. The molecule has 0 bridgehead atoms. The van der Waals surface area contributed by atoms with Crippen LogP contribution in [0.3, 0.4) is 0 Å². The van der Waals surface area contributed by atoms with E-state index >= 15 is 0 Å². The molecular formula is C25H35N3. The molecule has 0 aliphatic heterocycles. The van der Waals surface area contributed by atoms with Gasteiger partial charge < -0.3 is 9.80 Å². The largest absolute Gasteiger partial charge is 0.381 e. The van der Waals surface area contributed by atoms with Crippen LogP contribution >= 0.6 is 0 Å². The van der Waals surface area contributed by atoms with Crippen LogP contribution in [0.1, 0.15) is 31.2 Å². The van der Waals surface area contributed by atoms with E-state index in [1.807, 2.05) is 0 Å². The van der Waals surface area contributed by atoms with Gasteiger partial charge in [-0.25, -0.2) is 0 Å². The summed E-state index contributed by atoms with van der Waals surface area (Å²) in [7, 11) is 8.45. The van der Waals surface area contributed by atoms with Gasteiger partial charge >= 0.3 is 0 Å². The molecular weight excluding hydrogens is 342 g/mol. The quantitative estimate of drug-likeness (QED) is 0.631. The first-order valence-corrected chi connectivity index (χ1v) is 10.4. The zero-order chi connectivity index (χ0) is 19.9. The highest BCUT2D eigenvalue weighted by molar-refractivity contribution is 5.46. The summed E-state index contributed by atoms with van der Waals surface area (Å²) in [5.74, 6) is 0. The lowest BCUT2D eigenvalue weighted by Gasteiger charge is -2.27. The Morgan fingerprint density at radius 3 is 2.14 bits per heavy atom. The summed E-state index contributed by atoms with van der Waals surface area (Å²) < 4.78 is 0. The van der Waals surface area contributed by atoms with Crippen LogP contribution in [0.15, 0.2) is 71.5 Å². The maximum absolute atomic E-state index is 2.59. The van der Waals surface area contributed by atoms with Gasteiger partial charge in [-0.1, -0.05) is 42.0 Å². The number of anilines is 1. The van der Waals surface area contributed by atoms with Gasteiger partial charge in [0.05, 0.1) is 0 Å². The minimum Gasteiger partial charge on any atom is -0.381 e. The molecule has 0 atom stereocenters. The van der Waals surface area contributed by atoms with E-state index in [1.54, 1.807) is 0 Å². The molecule has 0 unspecified atom stereocenters. The number of hydrogen-bond donors (Lipinski definition) is 0. The molecule has 0 radical (unpaired) electrons. The van der Waals surface area contributed by atoms with E-state index in [0.717, 1.165) is 32.5 Å². The number of allylic oxidation sites excluding steroid dienone is 5. The summed E-state index contributed by atoms with van der Waals surface area (Å²) in [6.45, 7) is 3.05. The molecule has 0 heterocycles. The predicted molar refractivity (Wildman–Crippen MR) is 122 cm³/mol. The van der Waals surface area contributed by atoms with Crippen molar-refractivity contribution in [3.05, 3.63) is 77.1 Å². The van der Waals surface area contributed by atoms with Gasteiger partial charge in [0.2, 0.25) is 0 Å². The third-order valence-electron chi connectivity index (χ3n) is 5.55. The highest BCUT2D eigenvalue weighted by atomic mass is 15.1. The molecule has 0 saturated heterocycles. The van der Waals surface area contributed by atoms with Crippen LogP contribution in [0.25, 0.3) is 0 Å². The molecule has 0 amide bonds. The zero-order valence-electron chi connectivity index (χ0n) is 18.0. The van der Waals surface area contributed by atoms with Crippen molar-refractivity contribution in [2.45, 2.75) is 32.2 Å². The van der Waals surface area contributed by atoms with Crippen LogP contribution in [0, 0.1) is 0 Å². The van der Waals surface area contributed by atoms with Crippen LogP contribution < -0.4 is 4.90 Å². The first-order chi connectivity index (χ1) is 13.5. The molecule has 3 rings (SSSR count). The van der Waals surface area contributed by atoms with Crippen LogP contribution in [-0.4, -0.2) is 51.1 Å². The first-order valence-electron chi connectivity index (χ1n) is 10.4. The Balaban J connectivity index is 1.71. The third kappa shape index (κ3) is 5.87. The first kappa shape index (κ1) is 20.5. The smallest absolute Gasteiger partial charge is 0.0361 e. The third-order valence-corrected chi connectivity index (χ3v) is 5.55. The molecule has 28 heavy (non-hydrogen) atoms. The lowest BCUT2D eigenvalue weighted by atomic mass is 10.0. The van der Waals surface area contributed by atoms with Crippen molar-refractivity contribution >= 4 is 5.69 Å². The van der Waals surface area contributed by atoms with E-state index in [1.165, 1.54) is 40.9 Å². The highest BCUT2D eigenvalue weighted by Crippen LogP contribution is 2.23. The maximum atomic E-state index is 2.59. The summed E-state index contributed by atoms with van der Waals surface area (Å²) >= 11 is 0. The molecule has 2 aliphatic rings. The second-order valence-corrected chi connectivity index (χ2v) is 8.34. The fourth-order valence-electron chi connectivity index (χ4n) is 3.83. The SMILES string of the molecule is CN(C)C1=CC=C(CN(CC2=CCCC=C2)Cc2ccc(N(C)C)cc2)CC1. The molecule has 3 heteroatoms. The molecule has 0 spiro atoms.